The number of carbonyl (C=O) groups is 1. The lowest BCUT2D eigenvalue weighted by molar-refractivity contribution is -0.143. The second-order valence-electron chi connectivity index (χ2n) is 4.24. The quantitative estimate of drug-likeness (QED) is 0.664. The van der Waals surface area contributed by atoms with Gasteiger partial charge in [-0.2, -0.15) is 0 Å². The summed E-state index contributed by atoms with van der Waals surface area (Å²) in [4.78, 5) is 10.8. The topological polar surface area (TPSA) is 49.3 Å². The second-order valence-corrected chi connectivity index (χ2v) is 4.24. The van der Waals surface area contributed by atoms with Crippen LogP contribution in [0.15, 0.2) is 0 Å². The van der Waals surface area contributed by atoms with Crippen LogP contribution in [0.3, 0.4) is 0 Å². The van der Waals surface area contributed by atoms with Gasteiger partial charge in [-0.15, -0.1) is 0 Å². The zero-order valence-corrected chi connectivity index (χ0v) is 9.00. The van der Waals surface area contributed by atoms with E-state index in [1.807, 2.05) is 13.8 Å². The standard InChI is InChI=1S/C10H21NO2/c1-7(2)5-11-6-9(8(3)4)10(12)13/h7-9,11H,5-6H2,1-4H3,(H,12,13). The third kappa shape index (κ3) is 5.64. The molecule has 13 heavy (non-hydrogen) atoms. The van der Waals surface area contributed by atoms with Gasteiger partial charge in [0.05, 0.1) is 5.92 Å². The molecule has 3 nitrogen and oxygen atoms in total. The lowest BCUT2D eigenvalue weighted by Crippen LogP contribution is -2.33. The van der Waals surface area contributed by atoms with Gasteiger partial charge in [0, 0.05) is 6.54 Å². The van der Waals surface area contributed by atoms with Crippen molar-refractivity contribution >= 4 is 5.97 Å². The molecule has 0 amide bonds. The van der Waals surface area contributed by atoms with Gasteiger partial charge in [-0.1, -0.05) is 27.7 Å². The first-order valence-corrected chi connectivity index (χ1v) is 4.88. The Morgan fingerprint density at radius 1 is 1.23 bits per heavy atom. The van der Waals surface area contributed by atoms with Gasteiger partial charge >= 0.3 is 5.97 Å². The Kier molecular flexibility index (Phi) is 5.71. The summed E-state index contributed by atoms with van der Waals surface area (Å²) in [5.74, 6) is -0.205. The highest BCUT2D eigenvalue weighted by Gasteiger charge is 2.20. The molecule has 0 rings (SSSR count). The van der Waals surface area contributed by atoms with E-state index < -0.39 is 5.97 Å². The van der Waals surface area contributed by atoms with Crippen LogP contribution >= 0.6 is 0 Å². The van der Waals surface area contributed by atoms with E-state index in [0.717, 1.165) is 6.54 Å². The van der Waals surface area contributed by atoms with Gasteiger partial charge in [0.1, 0.15) is 0 Å². The monoisotopic (exact) mass is 187 g/mol. The summed E-state index contributed by atoms with van der Waals surface area (Å²) < 4.78 is 0. The summed E-state index contributed by atoms with van der Waals surface area (Å²) in [7, 11) is 0. The Morgan fingerprint density at radius 3 is 2.08 bits per heavy atom. The minimum atomic E-state index is -0.703. The Balaban J connectivity index is 3.77. The largest absolute Gasteiger partial charge is 0.481 e. The molecule has 0 aliphatic rings. The van der Waals surface area contributed by atoms with Crippen molar-refractivity contribution in [1.82, 2.24) is 5.32 Å². The molecule has 0 fully saturated rings. The average molecular weight is 187 g/mol. The normalized spacial score (nSPS) is 13.7. The van der Waals surface area contributed by atoms with Crippen molar-refractivity contribution in [3.8, 4) is 0 Å². The van der Waals surface area contributed by atoms with Gasteiger partial charge in [-0.05, 0) is 18.4 Å². The van der Waals surface area contributed by atoms with Crippen LogP contribution in [0, 0.1) is 17.8 Å². The molecule has 0 bridgehead atoms. The number of carboxylic acid groups (broad SMARTS) is 1. The molecule has 0 aliphatic heterocycles. The maximum Gasteiger partial charge on any atom is 0.308 e. The van der Waals surface area contributed by atoms with E-state index in [4.69, 9.17) is 5.11 Å². The zero-order valence-electron chi connectivity index (χ0n) is 9.00. The maximum atomic E-state index is 10.8. The SMILES string of the molecule is CC(C)CNCC(C(=O)O)C(C)C. The Morgan fingerprint density at radius 2 is 1.77 bits per heavy atom. The van der Waals surface area contributed by atoms with E-state index in [2.05, 4.69) is 19.2 Å². The molecule has 0 saturated heterocycles. The third-order valence-electron chi connectivity index (χ3n) is 2.04. The lowest BCUT2D eigenvalue weighted by Gasteiger charge is -2.17. The lowest BCUT2D eigenvalue weighted by atomic mass is 9.96. The number of hydrogen-bond donors (Lipinski definition) is 2. The molecule has 0 spiro atoms. The Bertz CT molecular complexity index is 155. The summed E-state index contributed by atoms with van der Waals surface area (Å²) in [5.41, 5.74) is 0. The van der Waals surface area contributed by atoms with Crippen molar-refractivity contribution in [3.63, 3.8) is 0 Å². The van der Waals surface area contributed by atoms with E-state index in [0.29, 0.717) is 12.5 Å². The molecule has 78 valence electrons. The van der Waals surface area contributed by atoms with E-state index >= 15 is 0 Å². The summed E-state index contributed by atoms with van der Waals surface area (Å²) in [6.07, 6.45) is 0. The number of rotatable bonds is 6. The third-order valence-corrected chi connectivity index (χ3v) is 2.04. The number of carboxylic acids is 1. The highest BCUT2D eigenvalue weighted by atomic mass is 16.4. The van der Waals surface area contributed by atoms with Gasteiger partial charge in [0.2, 0.25) is 0 Å². The predicted molar refractivity (Wildman–Crippen MR) is 53.7 cm³/mol. The molecule has 0 aliphatic carbocycles. The minimum Gasteiger partial charge on any atom is -0.481 e. The van der Waals surface area contributed by atoms with Gasteiger partial charge in [-0.25, -0.2) is 0 Å². The van der Waals surface area contributed by atoms with Crippen LogP contribution in [0.5, 0.6) is 0 Å². The van der Waals surface area contributed by atoms with E-state index in [9.17, 15) is 4.79 Å². The molecule has 0 radical (unpaired) electrons. The van der Waals surface area contributed by atoms with E-state index in [-0.39, 0.29) is 11.8 Å². The van der Waals surface area contributed by atoms with Crippen LogP contribution in [0.4, 0.5) is 0 Å². The van der Waals surface area contributed by atoms with Gasteiger partial charge in [0.15, 0.2) is 0 Å². The number of nitrogens with one attached hydrogen (secondary N) is 1. The maximum absolute atomic E-state index is 10.8. The van der Waals surface area contributed by atoms with Crippen LogP contribution < -0.4 is 5.32 Å². The first-order valence-electron chi connectivity index (χ1n) is 4.88. The molecular formula is C10H21NO2. The average Bonchev–Trinajstić information content (AvgIpc) is 1.95. The molecule has 1 unspecified atom stereocenters. The first kappa shape index (κ1) is 12.4. The number of hydrogen-bond acceptors (Lipinski definition) is 2. The Labute approximate surface area is 80.5 Å². The molecule has 3 heteroatoms. The van der Waals surface area contributed by atoms with Gasteiger partial charge in [0.25, 0.3) is 0 Å². The van der Waals surface area contributed by atoms with E-state index in [1.165, 1.54) is 0 Å². The van der Waals surface area contributed by atoms with Crippen LogP contribution in [0.2, 0.25) is 0 Å². The fraction of sp³-hybridized carbons (Fsp3) is 0.900. The predicted octanol–water partition coefficient (Wildman–Crippen LogP) is 1.59. The van der Waals surface area contributed by atoms with Crippen molar-refractivity contribution in [1.29, 1.82) is 0 Å². The molecule has 0 saturated carbocycles. The van der Waals surface area contributed by atoms with Gasteiger partial charge < -0.3 is 10.4 Å². The summed E-state index contributed by atoms with van der Waals surface area (Å²) in [6.45, 7) is 9.56. The van der Waals surface area contributed by atoms with Crippen LogP contribution in [-0.2, 0) is 4.79 Å². The Hall–Kier alpha value is -0.570. The van der Waals surface area contributed by atoms with Crippen LogP contribution in [-0.4, -0.2) is 24.2 Å². The van der Waals surface area contributed by atoms with Crippen molar-refractivity contribution in [2.75, 3.05) is 13.1 Å². The molecule has 0 aromatic carbocycles. The second kappa shape index (κ2) is 5.97. The minimum absolute atomic E-state index is 0.192. The molecule has 0 aromatic rings. The summed E-state index contributed by atoms with van der Waals surface area (Å²) in [6, 6.07) is 0. The fourth-order valence-electron chi connectivity index (χ4n) is 1.14. The van der Waals surface area contributed by atoms with Gasteiger partial charge in [-0.3, -0.25) is 4.79 Å². The van der Waals surface area contributed by atoms with Crippen molar-refractivity contribution in [2.45, 2.75) is 27.7 Å². The molecule has 1 atom stereocenters. The summed E-state index contributed by atoms with van der Waals surface area (Å²) >= 11 is 0. The smallest absolute Gasteiger partial charge is 0.308 e. The van der Waals surface area contributed by atoms with Crippen molar-refractivity contribution in [3.05, 3.63) is 0 Å². The van der Waals surface area contributed by atoms with Crippen LogP contribution in [0.25, 0.3) is 0 Å². The number of aliphatic carboxylic acids is 1. The molecule has 0 aromatic heterocycles. The molecule has 0 heterocycles. The fourth-order valence-corrected chi connectivity index (χ4v) is 1.14. The van der Waals surface area contributed by atoms with E-state index in [1.54, 1.807) is 0 Å². The zero-order chi connectivity index (χ0) is 10.4. The summed E-state index contributed by atoms with van der Waals surface area (Å²) in [5, 5.41) is 12.0. The highest BCUT2D eigenvalue weighted by molar-refractivity contribution is 5.70. The molecular weight excluding hydrogens is 166 g/mol. The molecule has 2 N–H and O–H groups in total. The van der Waals surface area contributed by atoms with Crippen molar-refractivity contribution < 1.29 is 9.90 Å². The van der Waals surface area contributed by atoms with Crippen LogP contribution in [0.1, 0.15) is 27.7 Å². The highest BCUT2D eigenvalue weighted by Crippen LogP contribution is 2.09. The first-order chi connectivity index (χ1) is 5.95. The van der Waals surface area contributed by atoms with Crippen molar-refractivity contribution in [2.24, 2.45) is 17.8 Å².